The van der Waals surface area contributed by atoms with Crippen LogP contribution < -0.4 is 11.1 Å². The summed E-state index contributed by atoms with van der Waals surface area (Å²) in [6.45, 7) is 2.91. The number of nitrogens with one attached hydrogen (secondary N) is 1. The molecule has 0 spiro atoms. The van der Waals surface area contributed by atoms with Crippen molar-refractivity contribution >= 4 is 22.6 Å². The largest absolute Gasteiger partial charge is 0.451 e. The molecule has 2 aromatic rings. The minimum absolute atomic E-state index is 0.0210. The molecule has 1 aromatic carbocycles. The van der Waals surface area contributed by atoms with E-state index in [1.54, 1.807) is 24.3 Å². The number of carbonyl (C=O) groups is 1. The van der Waals surface area contributed by atoms with Crippen LogP contribution in [0.4, 0.5) is 5.69 Å². The van der Waals surface area contributed by atoms with E-state index in [1.165, 1.54) is 0 Å². The Morgan fingerprint density at radius 3 is 3.14 bits per heavy atom. The van der Waals surface area contributed by atoms with Gasteiger partial charge < -0.3 is 25.1 Å². The summed E-state index contributed by atoms with van der Waals surface area (Å²) < 4.78 is 11.1. The first-order valence-electron chi connectivity index (χ1n) is 6.99. The van der Waals surface area contributed by atoms with Crippen molar-refractivity contribution in [3.63, 3.8) is 0 Å². The van der Waals surface area contributed by atoms with Crippen LogP contribution in [0.3, 0.4) is 0 Å². The topological polar surface area (TPSA) is 80.7 Å². The van der Waals surface area contributed by atoms with Crippen LogP contribution >= 0.6 is 0 Å². The molecule has 112 valence electrons. The van der Waals surface area contributed by atoms with Crippen LogP contribution in [0, 0.1) is 0 Å². The van der Waals surface area contributed by atoms with E-state index < -0.39 is 0 Å². The van der Waals surface area contributed by atoms with Crippen molar-refractivity contribution in [2.45, 2.75) is 6.10 Å². The second kappa shape index (κ2) is 5.75. The Morgan fingerprint density at radius 2 is 2.33 bits per heavy atom. The number of rotatable bonds is 3. The summed E-state index contributed by atoms with van der Waals surface area (Å²) in [6.07, 6.45) is 0.0210. The number of carbonyl (C=O) groups excluding carboxylic acids is 1. The van der Waals surface area contributed by atoms with Crippen LogP contribution in [0.2, 0.25) is 0 Å². The van der Waals surface area contributed by atoms with Gasteiger partial charge in [0.2, 0.25) is 0 Å². The standard InChI is InChI=1S/C15H19N3O3/c1-18-4-5-20-12(9-18)8-17-15(19)14-7-10-6-11(16)2-3-13(10)21-14/h2-3,6-7,12H,4-5,8-9,16H2,1H3,(H,17,19). The molecule has 1 amide bonds. The lowest BCUT2D eigenvalue weighted by molar-refractivity contribution is -0.0175. The lowest BCUT2D eigenvalue weighted by atomic mass is 10.2. The van der Waals surface area contributed by atoms with E-state index in [1.807, 2.05) is 7.05 Å². The van der Waals surface area contributed by atoms with Gasteiger partial charge in [0.15, 0.2) is 5.76 Å². The van der Waals surface area contributed by atoms with Gasteiger partial charge in [-0.25, -0.2) is 0 Å². The molecule has 0 bridgehead atoms. The van der Waals surface area contributed by atoms with Gasteiger partial charge in [0, 0.05) is 30.7 Å². The van der Waals surface area contributed by atoms with Gasteiger partial charge in [-0.2, -0.15) is 0 Å². The molecule has 1 aliphatic heterocycles. The van der Waals surface area contributed by atoms with E-state index in [9.17, 15) is 4.79 Å². The van der Waals surface area contributed by atoms with Crippen LogP contribution in [0.15, 0.2) is 28.7 Å². The van der Waals surface area contributed by atoms with Gasteiger partial charge in [-0.1, -0.05) is 0 Å². The predicted molar refractivity (Wildman–Crippen MR) is 80.2 cm³/mol. The maximum atomic E-state index is 12.1. The van der Waals surface area contributed by atoms with Gasteiger partial charge in [0.05, 0.1) is 12.7 Å². The van der Waals surface area contributed by atoms with Crippen LogP contribution in [0.5, 0.6) is 0 Å². The SMILES string of the molecule is CN1CCOC(CNC(=O)c2cc3cc(N)ccc3o2)C1. The van der Waals surface area contributed by atoms with Crippen LogP contribution in [-0.4, -0.2) is 50.2 Å². The van der Waals surface area contributed by atoms with E-state index in [4.69, 9.17) is 14.9 Å². The Balaban J connectivity index is 1.63. The summed E-state index contributed by atoms with van der Waals surface area (Å²) in [5, 5.41) is 3.68. The first kappa shape index (κ1) is 13.9. The number of hydrogen-bond donors (Lipinski definition) is 2. The number of anilines is 1. The molecular weight excluding hydrogens is 270 g/mol. The van der Waals surface area contributed by atoms with Gasteiger partial charge in [-0.15, -0.1) is 0 Å². The summed E-state index contributed by atoms with van der Waals surface area (Å²) >= 11 is 0. The Kier molecular flexibility index (Phi) is 3.81. The number of likely N-dealkylation sites (N-methyl/N-ethyl adjacent to an activating group) is 1. The average Bonchev–Trinajstić information content (AvgIpc) is 2.88. The number of ether oxygens (including phenoxy) is 1. The monoisotopic (exact) mass is 289 g/mol. The maximum Gasteiger partial charge on any atom is 0.287 e. The maximum absolute atomic E-state index is 12.1. The number of nitrogens with two attached hydrogens (primary N) is 1. The number of fused-ring (bicyclic) bond motifs is 1. The Bertz CT molecular complexity index is 653. The number of benzene rings is 1. The molecule has 6 heteroatoms. The molecule has 3 N–H and O–H groups in total. The van der Waals surface area contributed by atoms with E-state index in [0.717, 1.165) is 18.5 Å². The fraction of sp³-hybridized carbons (Fsp3) is 0.400. The van der Waals surface area contributed by atoms with Gasteiger partial charge in [0.1, 0.15) is 5.58 Å². The normalized spacial score (nSPS) is 19.8. The number of amides is 1. The number of nitrogens with zero attached hydrogens (tertiary/aromatic N) is 1. The van der Waals surface area contributed by atoms with Crippen molar-refractivity contribution in [1.82, 2.24) is 10.2 Å². The molecule has 1 atom stereocenters. The third kappa shape index (κ3) is 3.17. The van der Waals surface area contributed by atoms with E-state index >= 15 is 0 Å². The molecule has 0 aliphatic carbocycles. The summed E-state index contributed by atoms with van der Waals surface area (Å²) in [4.78, 5) is 14.3. The van der Waals surface area contributed by atoms with Crippen LogP contribution in [0.1, 0.15) is 10.6 Å². The molecule has 6 nitrogen and oxygen atoms in total. The summed E-state index contributed by atoms with van der Waals surface area (Å²) in [5.74, 6) is 0.0568. The quantitative estimate of drug-likeness (QED) is 0.826. The Labute approximate surface area is 122 Å². The second-order valence-corrected chi connectivity index (χ2v) is 5.37. The van der Waals surface area contributed by atoms with Crippen LogP contribution in [0.25, 0.3) is 11.0 Å². The van der Waals surface area contributed by atoms with Crippen molar-refractivity contribution in [2.75, 3.05) is 39.0 Å². The van der Waals surface area contributed by atoms with E-state index in [-0.39, 0.29) is 12.0 Å². The highest BCUT2D eigenvalue weighted by Gasteiger charge is 2.19. The molecule has 21 heavy (non-hydrogen) atoms. The third-order valence-corrected chi connectivity index (χ3v) is 3.60. The average molecular weight is 289 g/mol. The number of nitrogen functional groups attached to an aromatic ring is 1. The van der Waals surface area contributed by atoms with Crippen molar-refractivity contribution < 1.29 is 13.9 Å². The molecule has 0 saturated carbocycles. The molecule has 3 rings (SSSR count). The van der Waals surface area contributed by atoms with E-state index in [0.29, 0.717) is 30.2 Å². The zero-order valence-corrected chi connectivity index (χ0v) is 12.0. The molecule has 1 aromatic heterocycles. The fourth-order valence-corrected chi connectivity index (χ4v) is 2.46. The summed E-state index contributed by atoms with van der Waals surface area (Å²) in [6, 6.07) is 7.00. The van der Waals surface area contributed by atoms with Gasteiger partial charge in [-0.3, -0.25) is 4.79 Å². The molecule has 1 aliphatic rings. The molecule has 1 saturated heterocycles. The van der Waals surface area contributed by atoms with Crippen LogP contribution in [-0.2, 0) is 4.74 Å². The van der Waals surface area contributed by atoms with Gasteiger partial charge in [-0.05, 0) is 31.3 Å². The lowest BCUT2D eigenvalue weighted by Crippen LogP contribution is -2.45. The minimum Gasteiger partial charge on any atom is -0.451 e. The van der Waals surface area contributed by atoms with Crippen molar-refractivity contribution in [3.05, 3.63) is 30.0 Å². The molecule has 1 unspecified atom stereocenters. The Morgan fingerprint density at radius 1 is 1.48 bits per heavy atom. The van der Waals surface area contributed by atoms with Crippen molar-refractivity contribution in [3.8, 4) is 0 Å². The number of hydrogen-bond acceptors (Lipinski definition) is 5. The zero-order chi connectivity index (χ0) is 14.8. The fourth-order valence-electron chi connectivity index (χ4n) is 2.46. The zero-order valence-electron chi connectivity index (χ0n) is 12.0. The smallest absolute Gasteiger partial charge is 0.287 e. The van der Waals surface area contributed by atoms with Crippen molar-refractivity contribution in [2.24, 2.45) is 0 Å². The van der Waals surface area contributed by atoms with E-state index in [2.05, 4.69) is 10.2 Å². The third-order valence-electron chi connectivity index (χ3n) is 3.60. The number of furan rings is 1. The minimum atomic E-state index is -0.235. The summed E-state index contributed by atoms with van der Waals surface area (Å²) in [7, 11) is 2.04. The lowest BCUT2D eigenvalue weighted by Gasteiger charge is -2.29. The first-order valence-corrected chi connectivity index (χ1v) is 6.99. The molecule has 0 radical (unpaired) electrons. The summed E-state index contributed by atoms with van der Waals surface area (Å²) in [5.41, 5.74) is 7.02. The number of morpholine rings is 1. The highest BCUT2D eigenvalue weighted by Crippen LogP contribution is 2.21. The highest BCUT2D eigenvalue weighted by molar-refractivity contribution is 5.96. The highest BCUT2D eigenvalue weighted by atomic mass is 16.5. The second-order valence-electron chi connectivity index (χ2n) is 5.37. The van der Waals surface area contributed by atoms with Crippen molar-refractivity contribution in [1.29, 1.82) is 0 Å². The Hall–Kier alpha value is -2.05. The first-order chi connectivity index (χ1) is 10.1. The predicted octanol–water partition coefficient (Wildman–Crippen LogP) is 1.08. The van der Waals surface area contributed by atoms with Gasteiger partial charge >= 0.3 is 0 Å². The molecular formula is C15H19N3O3. The molecule has 1 fully saturated rings. The van der Waals surface area contributed by atoms with Gasteiger partial charge in [0.25, 0.3) is 5.91 Å². The molecule has 2 heterocycles.